The zero-order valence-electron chi connectivity index (χ0n) is 18.2. The Hall–Kier alpha value is -2.52. The summed E-state index contributed by atoms with van der Waals surface area (Å²) in [6.07, 6.45) is 1.60. The molecule has 3 aromatic rings. The Morgan fingerprint density at radius 2 is 1.86 bits per heavy atom. The first-order valence-corrected chi connectivity index (χ1v) is 12.6. The number of rotatable bonds is 7. The van der Waals surface area contributed by atoms with Crippen LogP contribution in [-0.4, -0.2) is 23.2 Å². The molecule has 1 aliphatic heterocycles. The monoisotopic (exact) mass is 595 g/mol. The van der Waals surface area contributed by atoms with Gasteiger partial charge in [-0.25, -0.2) is 4.39 Å². The van der Waals surface area contributed by atoms with Crippen LogP contribution in [-0.2, 0) is 17.9 Å². The molecule has 180 valence electrons. The van der Waals surface area contributed by atoms with Gasteiger partial charge in [-0.1, -0.05) is 47.5 Å². The third-order valence-electron chi connectivity index (χ3n) is 5.08. The number of amides is 2. The average molecular weight is 597 g/mol. The van der Waals surface area contributed by atoms with Gasteiger partial charge in [-0.05, 0) is 75.2 Å². The number of hydrogen-bond acceptors (Lipinski definition) is 5. The quantitative estimate of drug-likeness (QED) is 0.261. The second-order valence-corrected chi connectivity index (χ2v) is 10.1. The van der Waals surface area contributed by atoms with Gasteiger partial charge in [-0.3, -0.25) is 14.5 Å². The summed E-state index contributed by atoms with van der Waals surface area (Å²) in [4.78, 5) is 26.9. The number of thioether (sulfide) groups is 1. The molecule has 5 nitrogen and oxygen atoms in total. The minimum atomic E-state index is -0.416. The molecule has 0 saturated carbocycles. The van der Waals surface area contributed by atoms with Crippen LogP contribution < -0.4 is 9.47 Å². The van der Waals surface area contributed by atoms with E-state index in [1.165, 1.54) is 13.2 Å². The number of imide groups is 1. The predicted molar refractivity (Wildman–Crippen MR) is 139 cm³/mol. The molecule has 0 bridgehead atoms. The largest absolute Gasteiger partial charge is 0.493 e. The maximum Gasteiger partial charge on any atom is 0.293 e. The van der Waals surface area contributed by atoms with Gasteiger partial charge in [0.1, 0.15) is 12.4 Å². The third kappa shape index (κ3) is 5.83. The van der Waals surface area contributed by atoms with Crippen LogP contribution in [0.2, 0.25) is 10.0 Å². The summed E-state index contributed by atoms with van der Waals surface area (Å²) >= 11 is 16.3. The highest BCUT2D eigenvalue weighted by Crippen LogP contribution is 2.40. The molecule has 0 atom stereocenters. The topological polar surface area (TPSA) is 55.8 Å². The highest BCUT2D eigenvalue weighted by Gasteiger charge is 2.35. The van der Waals surface area contributed by atoms with E-state index in [1.54, 1.807) is 54.6 Å². The second kappa shape index (κ2) is 11.0. The number of carbonyl (C=O) groups excluding carboxylic acids is 2. The van der Waals surface area contributed by atoms with Gasteiger partial charge in [-0.15, -0.1) is 0 Å². The third-order valence-corrected chi connectivity index (χ3v) is 7.31. The molecule has 0 N–H and O–H groups in total. The van der Waals surface area contributed by atoms with Crippen molar-refractivity contribution in [2.75, 3.05) is 7.11 Å². The van der Waals surface area contributed by atoms with Crippen molar-refractivity contribution in [2.24, 2.45) is 0 Å². The number of ether oxygens (including phenoxy) is 2. The Morgan fingerprint density at radius 3 is 2.57 bits per heavy atom. The van der Waals surface area contributed by atoms with Crippen LogP contribution in [0.3, 0.4) is 0 Å². The van der Waals surface area contributed by atoms with Gasteiger partial charge >= 0.3 is 0 Å². The van der Waals surface area contributed by atoms with E-state index in [9.17, 15) is 14.0 Å². The molecule has 0 aliphatic carbocycles. The molecule has 4 rings (SSSR count). The van der Waals surface area contributed by atoms with Crippen molar-refractivity contribution in [2.45, 2.75) is 13.2 Å². The van der Waals surface area contributed by atoms with Crippen molar-refractivity contribution < 1.29 is 23.5 Å². The maximum absolute atomic E-state index is 13.9. The molecular weight excluding hydrogens is 580 g/mol. The number of carbonyl (C=O) groups is 2. The van der Waals surface area contributed by atoms with Gasteiger partial charge in [0.2, 0.25) is 0 Å². The summed E-state index contributed by atoms with van der Waals surface area (Å²) in [6.45, 7) is 0.0866. The molecule has 0 spiro atoms. The number of benzene rings is 3. The van der Waals surface area contributed by atoms with E-state index in [0.717, 1.165) is 16.7 Å². The van der Waals surface area contributed by atoms with E-state index in [-0.39, 0.29) is 29.1 Å². The van der Waals surface area contributed by atoms with E-state index in [4.69, 9.17) is 32.7 Å². The molecule has 2 amide bonds. The molecule has 1 aliphatic rings. The zero-order chi connectivity index (χ0) is 25.1. The van der Waals surface area contributed by atoms with Gasteiger partial charge in [0, 0.05) is 5.56 Å². The average Bonchev–Trinajstić information content (AvgIpc) is 3.08. The van der Waals surface area contributed by atoms with Gasteiger partial charge in [0.05, 0.1) is 33.1 Å². The maximum atomic E-state index is 13.9. The molecule has 1 heterocycles. The van der Waals surface area contributed by atoms with Crippen LogP contribution in [0.1, 0.15) is 16.7 Å². The molecular formula is C25H17BrCl2FNO4S. The van der Waals surface area contributed by atoms with Crippen molar-refractivity contribution in [1.82, 2.24) is 4.90 Å². The standard InChI is InChI=1S/C25H17BrCl2FNO4S/c1-33-21-10-15(8-17(26)23(21)34-13-16-4-2-3-5-20(16)29)11-22-24(31)30(25(32)35-22)12-14-6-7-18(27)19(28)9-14/h2-11H,12-13H2,1H3/b22-11-. The summed E-state index contributed by atoms with van der Waals surface area (Å²) in [5, 5.41) is 0.356. The SMILES string of the molecule is COc1cc(/C=C2\SC(=O)N(Cc3ccc(Cl)c(Cl)c3)C2=O)cc(Br)c1OCc1ccccc1F. The molecule has 0 radical (unpaired) electrons. The first-order chi connectivity index (χ1) is 16.8. The summed E-state index contributed by atoms with van der Waals surface area (Å²) in [7, 11) is 1.48. The Balaban J connectivity index is 1.54. The Labute approximate surface area is 223 Å². The fraction of sp³-hybridized carbons (Fsp3) is 0.120. The van der Waals surface area contributed by atoms with Crippen LogP contribution in [0, 0.1) is 5.82 Å². The van der Waals surface area contributed by atoms with Crippen LogP contribution in [0.25, 0.3) is 6.08 Å². The van der Waals surface area contributed by atoms with Crippen LogP contribution >= 0.6 is 50.9 Å². The van der Waals surface area contributed by atoms with E-state index in [1.807, 2.05) is 0 Å². The highest BCUT2D eigenvalue weighted by atomic mass is 79.9. The first kappa shape index (κ1) is 25.6. The normalized spacial score (nSPS) is 14.7. The van der Waals surface area contributed by atoms with E-state index < -0.39 is 5.91 Å². The zero-order valence-corrected chi connectivity index (χ0v) is 22.1. The molecule has 35 heavy (non-hydrogen) atoms. The Kier molecular flexibility index (Phi) is 8.06. The lowest BCUT2D eigenvalue weighted by Crippen LogP contribution is -2.27. The van der Waals surface area contributed by atoms with Crippen molar-refractivity contribution in [3.8, 4) is 11.5 Å². The van der Waals surface area contributed by atoms with Crippen molar-refractivity contribution in [1.29, 1.82) is 0 Å². The van der Waals surface area contributed by atoms with E-state index >= 15 is 0 Å². The van der Waals surface area contributed by atoms with Crippen molar-refractivity contribution >= 4 is 68.1 Å². The van der Waals surface area contributed by atoms with Crippen LogP contribution in [0.4, 0.5) is 9.18 Å². The minimum absolute atomic E-state index is 0.00852. The minimum Gasteiger partial charge on any atom is -0.493 e. The predicted octanol–water partition coefficient (Wildman–Crippen LogP) is 7.72. The van der Waals surface area contributed by atoms with Gasteiger partial charge in [0.25, 0.3) is 11.1 Å². The van der Waals surface area contributed by atoms with Crippen LogP contribution in [0.5, 0.6) is 11.5 Å². The fourth-order valence-corrected chi connectivity index (χ4v) is 5.07. The number of hydrogen-bond donors (Lipinski definition) is 0. The van der Waals surface area contributed by atoms with E-state index in [2.05, 4.69) is 15.9 Å². The highest BCUT2D eigenvalue weighted by molar-refractivity contribution is 9.10. The number of methoxy groups -OCH3 is 1. The molecule has 3 aromatic carbocycles. The lowest BCUT2D eigenvalue weighted by molar-refractivity contribution is -0.123. The molecule has 1 saturated heterocycles. The van der Waals surface area contributed by atoms with Gasteiger partial charge in [-0.2, -0.15) is 0 Å². The summed E-state index contributed by atoms with van der Waals surface area (Å²) in [5.41, 5.74) is 1.71. The summed E-state index contributed by atoms with van der Waals surface area (Å²) < 4.78 is 25.7. The smallest absolute Gasteiger partial charge is 0.293 e. The summed E-state index contributed by atoms with van der Waals surface area (Å²) in [5.74, 6) is -0.00512. The number of nitrogens with zero attached hydrogens (tertiary/aromatic N) is 1. The molecule has 10 heteroatoms. The molecule has 0 unspecified atom stereocenters. The summed E-state index contributed by atoms with van der Waals surface area (Å²) in [6, 6.07) is 14.7. The van der Waals surface area contributed by atoms with E-state index in [0.29, 0.717) is 42.7 Å². The van der Waals surface area contributed by atoms with Crippen LogP contribution in [0.15, 0.2) is 64.0 Å². The molecule has 1 fully saturated rings. The lowest BCUT2D eigenvalue weighted by atomic mass is 10.1. The fourth-order valence-electron chi connectivity index (χ4n) is 3.34. The van der Waals surface area contributed by atoms with Gasteiger partial charge in [0.15, 0.2) is 11.5 Å². The number of halogens is 4. The lowest BCUT2D eigenvalue weighted by Gasteiger charge is -2.14. The second-order valence-electron chi connectivity index (χ2n) is 7.43. The first-order valence-electron chi connectivity index (χ1n) is 10.2. The Bertz CT molecular complexity index is 1350. The Morgan fingerprint density at radius 1 is 1.09 bits per heavy atom. The molecule has 0 aromatic heterocycles. The van der Waals surface area contributed by atoms with Crippen molar-refractivity contribution in [3.63, 3.8) is 0 Å². The van der Waals surface area contributed by atoms with Crippen molar-refractivity contribution in [3.05, 3.63) is 96.5 Å². The van der Waals surface area contributed by atoms with Gasteiger partial charge < -0.3 is 9.47 Å².